The van der Waals surface area contributed by atoms with Gasteiger partial charge < -0.3 is 9.47 Å². The number of unbranched alkanes of at least 4 members (excludes halogenated alkanes) is 2. The summed E-state index contributed by atoms with van der Waals surface area (Å²) in [6.45, 7) is 0.710. The summed E-state index contributed by atoms with van der Waals surface area (Å²) in [6.07, 6.45) is 3.66. The normalized spacial score (nSPS) is 14.1. The third-order valence-electron chi connectivity index (χ3n) is 3.55. The average molecular weight is 291 g/mol. The molecule has 0 aliphatic carbocycles. The number of benzene rings is 1. The molecule has 0 atom stereocenters. The predicted molar refractivity (Wildman–Crippen MR) is 78.2 cm³/mol. The van der Waals surface area contributed by atoms with E-state index in [4.69, 9.17) is 9.47 Å². The Kier molecular flexibility index (Phi) is 5.60. The van der Waals surface area contributed by atoms with Gasteiger partial charge in [0, 0.05) is 6.42 Å². The Hall–Kier alpha value is -2.04. The van der Waals surface area contributed by atoms with Crippen molar-refractivity contribution in [1.82, 2.24) is 4.90 Å². The molecule has 114 valence electrons. The molecule has 0 saturated carbocycles. The molecule has 2 rings (SSSR count). The van der Waals surface area contributed by atoms with Crippen molar-refractivity contribution in [1.29, 1.82) is 0 Å². The monoisotopic (exact) mass is 291 g/mol. The molecular weight excluding hydrogens is 270 g/mol. The standard InChI is InChI=1S/C16H21NO4/c1-20-14-8-5-7-13(12-14)6-3-2-4-9-15(18)17-10-11-21-16(17)19/h5,7-8,12H,2-4,6,9-11H2,1H3. The van der Waals surface area contributed by atoms with E-state index < -0.39 is 6.09 Å². The Bertz CT molecular complexity index is 501. The van der Waals surface area contributed by atoms with Crippen LogP contribution >= 0.6 is 0 Å². The van der Waals surface area contributed by atoms with Crippen molar-refractivity contribution in [2.45, 2.75) is 32.1 Å². The van der Waals surface area contributed by atoms with Gasteiger partial charge in [0.15, 0.2) is 0 Å². The maximum absolute atomic E-state index is 11.8. The van der Waals surface area contributed by atoms with E-state index in [0.29, 0.717) is 19.6 Å². The van der Waals surface area contributed by atoms with Crippen LogP contribution in [0.1, 0.15) is 31.2 Å². The van der Waals surface area contributed by atoms with Crippen LogP contribution in [0.4, 0.5) is 4.79 Å². The molecule has 1 fully saturated rings. The SMILES string of the molecule is COc1cccc(CCCCCC(=O)N2CCOC2=O)c1. The van der Waals surface area contributed by atoms with Gasteiger partial charge in [0.1, 0.15) is 12.4 Å². The van der Waals surface area contributed by atoms with Crippen molar-refractivity contribution in [2.75, 3.05) is 20.3 Å². The molecule has 2 amide bonds. The Morgan fingerprint density at radius 1 is 1.33 bits per heavy atom. The smallest absolute Gasteiger partial charge is 0.416 e. The number of cyclic esters (lactones) is 1. The summed E-state index contributed by atoms with van der Waals surface area (Å²) in [7, 11) is 1.66. The first kappa shape index (κ1) is 15.4. The van der Waals surface area contributed by atoms with Crippen LogP contribution in [0.5, 0.6) is 5.75 Å². The van der Waals surface area contributed by atoms with Gasteiger partial charge in [-0.25, -0.2) is 9.69 Å². The summed E-state index contributed by atoms with van der Waals surface area (Å²) in [4.78, 5) is 24.2. The minimum Gasteiger partial charge on any atom is -0.497 e. The number of carbonyl (C=O) groups is 2. The number of imide groups is 1. The topological polar surface area (TPSA) is 55.8 Å². The van der Waals surface area contributed by atoms with E-state index >= 15 is 0 Å². The predicted octanol–water partition coefficient (Wildman–Crippen LogP) is 2.78. The van der Waals surface area contributed by atoms with Crippen LogP contribution in [-0.4, -0.2) is 37.2 Å². The number of amides is 2. The molecule has 1 aromatic carbocycles. The first-order chi connectivity index (χ1) is 10.2. The lowest BCUT2D eigenvalue weighted by molar-refractivity contribution is -0.127. The summed E-state index contributed by atoms with van der Waals surface area (Å²) < 4.78 is 9.93. The number of hydrogen-bond donors (Lipinski definition) is 0. The van der Waals surface area contributed by atoms with Crippen LogP contribution in [0.3, 0.4) is 0 Å². The van der Waals surface area contributed by atoms with E-state index in [1.807, 2.05) is 18.2 Å². The highest BCUT2D eigenvalue weighted by atomic mass is 16.6. The van der Waals surface area contributed by atoms with Crippen LogP contribution in [0.2, 0.25) is 0 Å². The molecule has 1 saturated heterocycles. The minimum absolute atomic E-state index is 0.126. The summed E-state index contributed by atoms with van der Waals surface area (Å²) in [5, 5.41) is 0. The first-order valence-corrected chi connectivity index (χ1v) is 7.31. The fourth-order valence-electron chi connectivity index (χ4n) is 2.37. The van der Waals surface area contributed by atoms with Gasteiger partial charge in [0.2, 0.25) is 5.91 Å². The fourth-order valence-corrected chi connectivity index (χ4v) is 2.37. The van der Waals surface area contributed by atoms with Gasteiger partial charge in [-0.1, -0.05) is 18.6 Å². The van der Waals surface area contributed by atoms with Gasteiger partial charge in [-0.15, -0.1) is 0 Å². The van der Waals surface area contributed by atoms with Gasteiger partial charge >= 0.3 is 6.09 Å². The van der Waals surface area contributed by atoms with Gasteiger partial charge in [-0.2, -0.15) is 0 Å². The molecule has 1 aliphatic rings. The quantitative estimate of drug-likeness (QED) is 0.725. The van der Waals surface area contributed by atoms with E-state index in [-0.39, 0.29) is 5.91 Å². The number of ether oxygens (including phenoxy) is 2. The number of methoxy groups -OCH3 is 1. The number of rotatable bonds is 7. The first-order valence-electron chi connectivity index (χ1n) is 7.31. The van der Waals surface area contributed by atoms with Crippen molar-refractivity contribution in [3.05, 3.63) is 29.8 Å². The van der Waals surface area contributed by atoms with Crippen LogP contribution in [0.25, 0.3) is 0 Å². The molecule has 0 unspecified atom stereocenters. The van der Waals surface area contributed by atoms with Crippen LogP contribution < -0.4 is 4.74 Å². The van der Waals surface area contributed by atoms with Crippen molar-refractivity contribution < 1.29 is 19.1 Å². The Labute approximate surface area is 124 Å². The van der Waals surface area contributed by atoms with Crippen molar-refractivity contribution in [3.8, 4) is 5.75 Å². The number of hydrogen-bond acceptors (Lipinski definition) is 4. The van der Waals surface area contributed by atoms with Crippen molar-refractivity contribution in [2.24, 2.45) is 0 Å². The molecule has 0 spiro atoms. The van der Waals surface area contributed by atoms with Crippen LogP contribution in [-0.2, 0) is 16.0 Å². The highest BCUT2D eigenvalue weighted by molar-refractivity contribution is 5.92. The third-order valence-corrected chi connectivity index (χ3v) is 3.55. The zero-order valence-electron chi connectivity index (χ0n) is 12.3. The van der Waals surface area contributed by atoms with Gasteiger partial charge in [-0.3, -0.25) is 4.79 Å². The lowest BCUT2D eigenvalue weighted by atomic mass is 10.1. The second kappa shape index (κ2) is 7.67. The summed E-state index contributed by atoms with van der Waals surface area (Å²) >= 11 is 0. The number of nitrogens with zero attached hydrogens (tertiary/aromatic N) is 1. The molecule has 1 aromatic rings. The van der Waals surface area contributed by atoms with Crippen LogP contribution in [0, 0.1) is 0 Å². The summed E-state index contributed by atoms with van der Waals surface area (Å²) in [6, 6.07) is 8.02. The minimum atomic E-state index is -0.503. The summed E-state index contributed by atoms with van der Waals surface area (Å²) in [5.41, 5.74) is 1.24. The highest BCUT2D eigenvalue weighted by Crippen LogP contribution is 2.15. The Balaban J connectivity index is 1.63. The molecule has 0 N–H and O–H groups in total. The van der Waals surface area contributed by atoms with E-state index in [2.05, 4.69) is 6.07 Å². The lowest BCUT2D eigenvalue weighted by Crippen LogP contribution is -2.31. The van der Waals surface area contributed by atoms with E-state index in [0.717, 1.165) is 31.4 Å². The van der Waals surface area contributed by atoms with E-state index in [1.54, 1.807) is 7.11 Å². The molecule has 1 heterocycles. The molecule has 1 aliphatic heterocycles. The molecule has 21 heavy (non-hydrogen) atoms. The van der Waals surface area contributed by atoms with Crippen molar-refractivity contribution in [3.63, 3.8) is 0 Å². The molecular formula is C16H21NO4. The summed E-state index contributed by atoms with van der Waals surface area (Å²) in [5.74, 6) is 0.745. The second-order valence-corrected chi connectivity index (χ2v) is 5.07. The maximum Gasteiger partial charge on any atom is 0.416 e. The largest absolute Gasteiger partial charge is 0.497 e. The lowest BCUT2D eigenvalue weighted by Gasteiger charge is -2.10. The number of aryl methyl sites for hydroxylation is 1. The maximum atomic E-state index is 11.8. The second-order valence-electron chi connectivity index (χ2n) is 5.07. The van der Waals surface area contributed by atoms with Gasteiger partial charge in [0.05, 0.1) is 13.7 Å². The molecule has 5 heteroatoms. The van der Waals surface area contributed by atoms with Crippen LogP contribution in [0.15, 0.2) is 24.3 Å². The molecule has 0 radical (unpaired) electrons. The van der Waals surface area contributed by atoms with E-state index in [9.17, 15) is 9.59 Å². The van der Waals surface area contributed by atoms with Gasteiger partial charge in [0.25, 0.3) is 0 Å². The number of carbonyl (C=O) groups excluding carboxylic acids is 2. The average Bonchev–Trinajstić information content (AvgIpc) is 2.93. The zero-order chi connectivity index (χ0) is 15.1. The zero-order valence-corrected chi connectivity index (χ0v) is 12.3. The molecule has 5 nitrogen and oxygen atoms in total. The Morgan fingerprint density at radius 2 is 2.19 bits per heavy atom. The highest BCUT2D eigenvalue weighted by Gasteiger charge is 2.27. The van der Waals surface area contributed by atoms with Gasteiger partial charge in [-0.05, 0) is 37.0 Å². The molecule has 0 aromatic heterocycles. The molecule has 0 bridgehead atoms. The van der Waals surface area contributed by atoms with E-state index in [1.165, 1.54) is 10.5 Å². The Morgan fingerprint density at radius 3 is 2.90 bits per heavy atom. The third kappa shape index (κ3) is 4.48. The fraction of sp³-hybridized carbons (Fsp3) is 0.500. The van der Waals surface area contributed by atoms with Crippen molar-refractivity contribution >= 4 is 12.0 Å².